The van der Waals surface area contributed by atoms with Crippen LogP contribution in [0.25, 0.3) is 0 Å². The van der Waals surface area contributed by atoms with E-state index in [9.17, 15) is 9.59 Å². The van der Waals surface area contributed by atoms with Gasteiger partial charge in [-0.1, -0.05) is 29.8 Å². The first-order chi connectivity index (χ1) is 14.4. The van der Waals surface area contributed by atoms with Crippen molar-refractivity contribution >= 4 is 17.5 Å². The molecule has 0 saturated carbocycles. The lowest BCUT2D eigenvalue weighted by atomic mass is 10.0. The summed E-state index contributed by atoms with van der Waals surface area (Å²) >= 11 is 0. The molecular weight excluding hydrogens is 378 g/mol. The Hall–Kier alpha value is -2.86. The van der Waals surface area contributed by atoms with Gasteiger partial charge in [0.05, 0.1) is 12.6 Å². The number of carbonyl (C=O) groups excluding carboxylic acids is 2. The maximum absolute atomic E-state index is 12.3. The summed E-state index contributed by atoms with van der Waals surface area (Å²) in [5, 5.41) is 5.91. The third-order valence-electron chi connectivity index (χ3n) is 5.37. The Balaban J connectivity index is 1.40. The van der Waals surface area contributed by atoms with Gasteiger partial charge in [-0.2, -0.15) is 0 Å². The maximum atomic E-state index is 12.3. The van der Waals surface area contributed by atoms with Crippen molar-refractivity contribution in [3.8, 4) is 5.75 Å². The van der Waals surface area contributed by atoms with Gasteiger partial charge in [-0.25, -0.2) is 0 Å². The molecule has 160 valence electrons. The van der Waals surface area contributed by atoms with Crippen molar-refractivity contribution in [2.75, 3.05) is 32.6 Å². The number of hydrogen-bond donors (Lipinski definition) is 2. The van der Waals surface area contributed by atoms with Crippen molar-refractivity contribution in [2.45, 2.75) is 38.6 Å². The molecule has 0 radical (unpaired) electrons. The van der Waals surface area contributed by atoms with Crippen LogP contribution in [0.15, 0.2) is 42.5 Å². The highest BCUT2D eigenvalue weighted by Gasteiger charge is 2.16. The van der Waals surface area contributed by atoms with E-state index in [2.05, 4.69) is 46.7 Å². The fraction of sp³-hybridized carbons (Fsp3) is 0.417. The fourth-order valence-electron chi connectivity index (χ4n) is 3.56. The van der Waals surface area contributed by atoms with Crippen molar-refractivity contribution in [1.82, 2.24) is 10.2 Å². The van der Waals surface area contributed by atoms with Gasteiger partial charge in [-0.05, 0) is 63.2 Å². The summed E-state index contributed by atoms with van der Waals surface area (Å²) in [7, 11) is 4.04. The first kappa shape index (κ1) is 21.8. The lowest BCUT2D eigenvalue weighted by Crippen LogP contribution is -2.34. The Bertz CT molecular complexity index is 878. The Morgan fingerprint density at radius 3 is 2.67 bits per heavy atom. The molecule has 0 saturated heterocycles. The van der Waals surface area contributed by atoms with Crippen LogP contribution in [-0.2, 0) is 16.0 Å². The summed E-state index contributed by atoms with van der Waals surface area (Å²) in [5.74, 6) is 0.865. The number of fused-ring (bicyclic) bond motifs is 1. The van der Waals surface area contributed by atoms with E-state index >= 15 is 0 Å². The molecule has 0 spiro atoms. The maximum Gasteiger partial charge on any atom is 0.224 e. The number of ether oxygens (including phenoxy) is 1. The van der Waals surface area contributed by atoms with Crippen LogP contribution in [-0.4, -0.2) is 44.0 Å². The van der Waals surface area contributed by atoms with Crippen LogP contribution in [0.1, 0.15) is 42.0 Å². The second-order valence-corrected chi connectivity index (χ2v) is 8.01. The molecule has 1 aliphatic heterocycles. The number of carbonyl (C=O) groups is 2. The molecule has 1 heterocycles. The molecule has 0 aliphatic carbocycles. The molecule has 1 aliphatic rings. The van der Waals surface area contributed by atoms with Crippen LogP contribution < -0.4 is 15.4 Å². The van der Waals surface area contributed by atoms with Gasteiger partial charge in [0, 0.05) is 25.1 Å². The second kappa shape index (κ2) is 10.3. The number of aryl methyl sites for hydroxylation is 2. The van der Waals surface area contributed by atoms with E-state index in [1.54, 1.807) is 0 Å². The van der Waals surface area contributed by atoms with Gasteiger partial charge in [-0.15, -0.1) is 0 Å². The zero-order valence-corrected chi connectivity index (χ0v) is 18.0. The van der Waals surface area contributed by atoms with Crippen LogP contribution in [0, 0.1) is 6.92 Å². The molecule has 0 aromatic heterocycles. The molecule has 1 unspecified atom stereocenters. The van der Waals surface area contributed by atoms with Crippen LogP contribution in [0.5, 0.6) is 5.75 Å². The SMILES string of the molecule is Cc1ccc(C(CNC(=O)CCCOc2ccc3c(c2)CCC(=O)N3)N(C)C)cc1. The molecule has 2 N–H and O–H groups in total. The summed E-state index contributed by atoms with van der Waals surface area (Å²) in [6.45, 7) is 3.13. The molecule has 2 amide bonds. The van der Waals surface area contributed by atoms with Gasteiger partial charge in [0.2, 0.25) is 11.8 Å². The highest BCUT2D eigenvalue weighted by atomic mass is 16.5. The molecule has 1 atom stereocenters. The second-order valence-electron chi connectivity index (χ2n) is 8.01. The largest absolute Gasteiger partial charge is 0.494 e. The minimum absolute atomic E-state index is 0.0331. The Kier molecular flexibility index (Phi) is 7.46. The number of benzene rings is 2. The minimum atomic E-state index is 0.0331. The van der Waals surface area contributed by atoms with E-state index in [0.717, 1.165) is 23.4 Å². The van der Waals surface area contributed by atoms with E-state index < -0.39 is 0 Å². The Morgan fingerprint density at radius 1 is 1.17 bits per heavy atom. The summed E-state index contributed by atoms with van der Waals surface area (Å²) < 4.78 is 5.79. The van der Waals surface area contributed by atoms with Gasteiger partial charge in [0.15, 0.2) is 0 Å². The summed E-state index contributed by atoms with van der Waals surface area (Å²) in [6.07, 6.45) is 2.31. The number of nitrogens with one attached hydrogen (secondary N) is 2. The average Bonchev–Trinajstić information content (AvgIpc) is 2.72. The highest BCUT2D eigenvalue weighted by molar-refractivity contribution is 5.94. The van der Waals surface area contributed by atoms with E-state index in [1.165, 1.54) is 11.1 Å². The summed E-state index contributed by atoms with van der Waals surface area (Å²) in [5.41, 5.74) is 4.37. The molecule has 0 bridgehead atoms. The van der Waals surface area contributed by atoms with Crippen LogP contribution in [0.4, 0.5) is 5.69 Å². The minimum Gasteiger partial charge on any atom is -0.494 e. The summed E-state index contributed by atoms with van der Waals surface area (Å²) in [6, 6.07) is 14.3. The van der Waals surface area contributed by atoms with Gasteiger partial charge < -0.3 is 20.3 Å². The zero-order chi connectivity index (χ0) is 21.5. The predicted molar refractivity (Wildman–Crippen MR) is 119 cm³/mol. The van der Waals surface area contributed by atoms with E-state index in [4.69, 9.17) is 4.74 Å². The quantitative estimate of drug-likeness (QED) is 0.623. The number of hydrogen-bond acceptors (Lipinski definition) is 4. The topological polar surface area (TPSA) is 70.7 Å². The number of anilines is 1. The number of amides is 2. The van der Waals surface area contributed by atoms with Crippen molar-refractivity contribution in [3.05, 3.63) is 59.2 Å². The normalized spacial score (nSPS) is 14.1. The Morgan fingerprint density at radius 2 is 1.93 bits per heavy atom. The molecular formula is C24H31N3O3. The number of rotatable bonds is 9. The molecule has 6 heteroatoms. The van der Waals surface area contributed by atoms with Crippen LogP contribution >= 0.6 is 0 Å². The summed E-state index contributed by atoms with van der Waals surface area (Å²) in [4.78, 5) is 25.8. The first-order valence-electron chi connectivity index (χ1n) is 10.5. The molecule has 0 fully saturated rings. The molecule has 2 aromatic carbocycles. The average molecular weight is 410 g/mol. The number of nitrogens with zero attached hydrogens (tertiary/aromatic N) is 1. The zero-order valence-electron chi connectivity index (χ0n) is 18.0. The third kappa shape index (κ3) is 6.07. The lowest BCUT2D eigenvalue weighted by molar-refractivity contribution is -0.121. The lowest BCUT2D eigenvalue weighted by Gasteiger charge is -2.25. The first-order valence-corrected chi connectivity index (χ1v) is 10.5. The van der Waals surface area contributed by atoms with Crippen molar-refractivity contribution in [1.29, 1.82) is 0 Å². The third-order valence-corrected chi connectivity index (χ3v) is 5.37. The molecule has 3 rings (SSSR count). The van der Waals surface area contributed by atoms with Crippen molar-refractivity contribution in [3.63, 3.8) is 0 Å². The van der Waals surface area contributed by atoms with Crippen molar-refractivity contribution < 1.29 is 14.3 Å². The highest BCUT2D eigenvalue weighted by Crippen LogP contribution is 2.26. The van der Waals surface area contributed by atoms with E-state index in [-0.39, 0.29) is 17.9 Å². The fourth-order valence-corrected chi connectivity index (χ4v) is 3.56. The van der Waals surface area contributed by atoms with Crippen LogP contribution in [0.3, 0.4) is 0 Å². The van der Waals surface area contributed by atoms with Crippen molar-refractivity contribution in [2.24, 2.45) is 0 Å². The molecule has 2 aromatic rings. The molecule has 30 heavy (non-hydrogen) atoms. The van der Waals surface area contributed by atoms with Crippen LogP contribution in [0.2, 0.25) is 0 Å². The Labute approximate surface area is 178 Å². The monoisotopic (exact) mass is 409 g/mol. The van der Waals surface area contributed by atoms with Gasteiger partial charge in [0.25, 0.3) is 0 Å². The standard InChI is InChI=1S/C24H31N3O3/c1-17-6-8-18(9-7-17)22(27(2)3)16-25-23(28)5-4-14-30-20-11-12-21-19(15-20)10-13-24(29)26-21/h6-9,11-12,15,22H,4-5,10,13-14,16H2,1-3H3,(H,25,28)(H,26,29). The van der Waals surface area contributed by atoms with Gasteiger partial charge in [0.1, 0.15) is 5.75 Å². The van der Waals surface area contributed by atoms with Gasteiger partial charge >= 0.3 is 0 Å². The predicted octanol–water partition coefficient (Wildman–Crippen LogP) is 3.46. The van der Waals surface area contributed by atoms with E-state index in [1.807, 2.05) is 32.3 Å². The smallest absolute Gasteiger partial charge is 0.224 e. The van der Waals surface area contributed by atoms with Gasteiger partial charge in [-0.3, -0.25) is 9.59 Å². The van der Waals surface area contributed by atoms with E-state index in [0.29, 0.717) is 32.4 Å². The number of likely N-dealkylation sites (N-methyl/N-ethyl adjacent to an activating group) is 1. The molecule has 6 nitrogen and oxygen atoms in total.